The van der Waals surface area contributed by atoms with E-state index in [4.69, 9.17) is 5.10 Å². The second-order valence-corrected chi connectivity index (χ2v) is 9.17. The summed E-state index contributed by atoms with van der Waals surface area (Å²) in [6.45, 7) is 8.64. The number of hydrogen-bond acceptors (Lipinski definition) is 5. The molecule has 0 aliphatic carbocycles. The van der Waals surface area contributed by atoms with Crippen molar-refractivity contribution < 1.29 is 8.78 Å². The van der Waals surface area contributed by atoms with Crippen LogP contribution >= 0.6 is 0 Å². The van der Waals surface area contributed by atoms with Gasteiger partial charge in [-0.05, 0) is 69.7 Å². The van der Waals surface area contributed by atoms with Crippen LogP contribution in [-0.2, 0) is 0 Å². The predicted molar refractivity (Wildman–Crippen MR) is 147 cm³/mol. The van der Waals surface area contributed by atoms with Crippen molar-refractivity contribution >= 4 is 11.9 Å². The molecule has 1 aromatic carbocycles. The fourth-order valence-corrected chi connectivity index (χ4v) is 4.70. The number of allylic oxidation sites excluding steroid dienone is 5. The summed E-state index contributed by atoms with van der Waals surface area (Å²) in [7, 11) is 0. The maximum Gasteiger partial charge on any atom is 0.130 e. The highest BCUT2D eigenvalue weighted by molar-refractivity contribution is 5.72. The molecule has 1 aromatic heterocycles. The molecule has 0 radical (unpaired) electrons. The van der Waals surface area contributed by atoms with Crippen LogP contribution in [0, 0.1) is 0 Å². The number of piperidine rings is 1. The highest BCUT2D eigenvalue weighted by Crippen LogP contribution is 2.32. The van der Waals surface area contributed by atoms with Crippen LogP contribution < -0.4 is 10.9 Å². The quantitative estimate of drug-likeness (QED) is 0.304. The number of halogens is 2. The van der Waals surface area contributed by atoms with Crippen LogP contribution in [-0.4, -0.2) is 40.5 Å². The SMILES string of the molecule is C=C(F)/C(CN1CCCC(c2ccn(-c3ccc4c(c3)C(/C=C/C=N/C=C\C)NN4)n2)C1)=C(F)\C=C/C. The van der Waals surface area contributed by atoms with Crippen molar-refractivity contribution in [3.63, 3.8) is 0 Å². The second kappa shape index (κ2) is 12.6. The van der Waals surface area contributed by atoms with Crippen LogP contribution in [0.4, 0.5) is 14.5 Å². The number of aromatic nitrogens is 2. The van der Waals surface area contributed by atoms with Gasteiger partial charge in [-0.3, -0.25) is 9.89 Å². The van der Waals surface area contributed by atoms with Gasteiger partial charge in [-0.25, -0.2) is 18.9 Å². The van der Waals surface area contributed by atoms with Gasteiger partial charge in [0.1, 0.15) is 11.7 Å². The van der Waals surface area contributed by atoms with Gasteiger partial charge in [-0.15, -0.1) is 0 Å². The van der Waals surface area contributed by atoms with Gasteiger partial charge in [-0.1, -0.05) is 24.8 Å². The predicted octanol–water partition coefficient (Wildman–Crippen LogP) is 6.47. The molecule has 4 rings (SSSR count). The maximum absolute atomic E-state index is 14.4. The minimum Gasteiger partial charge on any atom is -0.320 e. The highest BCUT2D eigenvalue weighted by atomic mass is 19.1. The summed E-state index contributed by atoms with van der Waals surface area (Å²) in [5.41, 5.74) is 10.6. The number of hydrazine groups is 1. The van der Waals surface area contributed by atoms with E-state index >= 15 is 0 Å². The van der Waals surface area contributed by atoms with Gasteiger partial charge >= 0.3 is 0 Å². The first-order valence-electron chi connectivity index (χ1n) is 12.6. The standard InChI is InChI=1S/C29H34F2N6/c1-4-8-26(31)25(21(3)30)20-36-16-7-9-22(19-36)27-13-17-37(35-27)23-11-12-29-24(18-23)28(33-34-29)10-6-15-32-14-5-2/h4-6,8,10-15,17-18,22,28,33-34H,3,7,9,16,19-20H2,1-2H3/b8-4-,10-6+,14-5-,26-25+,32-15+. The Bertz CT molecular complexity index is 1250. The minimum atomic E-state index is -0.721. The van der Waals surface area contributed by atoms with Crippen LogP contribution in [0.3, 0.4) is 0 Å². The molecule has 2 N–H and O–H groups in total. The fourth-order valence-electron chi connectivity index (χ4n) is 4.70. The molecular formula is C29H34F2N6. The Morgan fingerprint density at radius 3 is 2.89 bits per heavy atom. The van der Waals surface area contributed by atoms with E-state index in [2.05, 4.69) is 39.5 Å². The Labute approximate surface area is 217 Å². The molecule has 3 heterocycles. The van der Waals surface area contributed by atoms with Gasteiger partial charge in [0.05, 0.1) is 23.1 Å². The third-order valence-corrected chi connectivity index (χ3v) is 6.55. The number of hydrogen-bond donors (Lipinski definition) is 2. The summed E-state index contributed by atoms with van der Waals surface area (Å²) >= 11 is 0. The molecule has 0 bridgehead atoms. The van der Waals surface area contributed by atoms with E-state index < -0.39 is 11.7 Å². The van der Waals surface area contributed by atoms with Crippen molar-refractivity contribution in [1.29, 1.82) is 0 Å². The molecule has 0 amide bonds. The summed E-state index contributed by atoms with van der Waals surface area (Å²) < 4.78 is 30.2. The lowest BCUT2D eigenvalue weighted by atomic mass is 9.94. The number of benzene rings is 1. The van der Waals surface area contributed by atoms with Crippen molar-refractivity contribution in [3.05, 3.63) is 102 Å². The summed E-state index contributed by atoms with van der Waals surface area (Å²) in [6, 6.07) is 8.26. The molecule has 1 fully saturated rings. The number of fused-ring (bicyclic) bond motifs is 1. The van der Waals surface area contributed by atoms with Gasteiger partial charge < -0.3 is 5.43 Å². The van der Waals surface area contributed by atoms with Crippen LogP contribution in [0.2, 0.25) is 0 Å². The average molecular weight is 505 g/mol. The first kappa shape index (κ1) is 26.4. The van der Waals surface area contributed by atoms with Gasteiger partial charge in [0, 0.05) is 48.8 Å². The second-order valence-electron chi connectivity index (χ2n) is 9.17. The third kappa shape index (κ3) is 6.58. The summed E-state index contributed by atoms with van der Waals surface area (Å²) in [4.78, 5) is 6.24. The largest absolute Gasteiger partial charge is 0.320 e. The third-order valence-electron chi connectivity index (χ3n) is 6.55. The Morgan fingerprint density at radius 1 is 1.24 bits per heavy atom. The van der Waals surface area contributed by atoms with E-state index in [-0.39, 0.29) is 24.1 Å². The molecule has 6 nitrogen and oxygen atoms in total. The number of nitrogens with one attached hydrogen (secondary N) is 2. The van der Waals surface area contributed by atoms with Crippen LogP contribution in [0.25, 0.3) is 5.69 Å². The van der Waals surface area contributed by atoms with Crippen molar-refractivity contribution in [2.24, 2.45) is 4.99 Å². The zero-order valence-corrected chi connectivity index (χ0v) is 21.4. The number of likely N-dealkylation sites (tertiary alicyclic amines) is 1. The number of aliphatic imine (C=N–C) groups is 1. The lowest BCUT2D eigenvalue weighted by Crippen LogP contribution is -2.36. The first-order chi connectivity index (χ1) is 18.0. The molecule has 194 valence electrons. The molecule has 0 saturated carbocycles. The molecule has 2 unspecified atom stereocenters. The minimum absolute atomic E-state index is 0.0151. The first-order valence-corrected chi connectivity index (χ1v) is 12.6. The molecule has 37 heavy (non-hydrogen) atoms. The van der Waals surface area contributed by atoms with Crippen molar-refractivity contribution in [2.75, 3.05) is 25.1 Å². The molecule has 2 atom stereocenters. The maximum atomic E-state index is 14.4. The van der Waals surface area contributed by atoms with Gasteiger partial charge in [0.25, 0.3) is 0 Å². The van der Waals surface area contributed by atoms with E-state index in [0.717, 1.165) is 42.0 Å². The summed E-state index contributed by atoms with van der Waals surface area (Å²) in [5, 5.41) is 4.88. The van der Waals surface area contributed by atoms with E-state index in [1.807, 2.05) is 48.2 Å². The highest BCUT2D eigenvalue weighted by Gasteiger charge is 2.26. The number of anilines is 1. The Kier molecular flexibility index (Phi) is 8.98. The molecule has 2 aromatic rings. The Hall–Kier alpha value is -3.62. The normalized spacial score (nSPS) is 21.3. The van der Waals surface area contributed by atoms with Crippen LogP contribution in [0.5, 0.6) is 0 Å². The van der Waals surface area contributed by atoms with E-state index in [1.165, 1.54) is 6.08 Å². The zero-order valence-electron chi connectivity index (χ0n) is 21.4. The van der Waals surface area contributed by atoms with E-state index in [1.54, 1.807) is 25.4 Å². The zero-order chi connectivity index (χ0) is 26.2. The van der Waals surface area contributed by atoms with Gasteiger partial charge in [0.15, 0.2) is 0 Å². The topological polar surface area (TPSA) is 57.5 Å². The summed E-state index contributed by atoms with van der Waals surface area (Å²) in [6.07, 6.45) is 16.1. The molecular weight excluding hydrogens is 470 g/mol. The molecule has 8 heteroatoms. The van der Waals surface area contributed by atoms with Crippen molar-refractivity contribution in [3.8, 4) is 5.69 Å². The molecule has 0 spiro atoms. The van der Waals surface area contributed by atoms with Gasteiger partial charge in [0.2, 0.25) is 0 Å². The van der Waals surface area contributed by atoms with Crippen LogP contribution in [0.1, 0.15) is 49.9 Å². The van der Waals surface area contributed by atoms with E-state index in [9.17, 15) is 8.78 Å². The van der Waals surface area contributed by atoms with Crippen LogP contribution in [0.15, 0.2) is 95.8 Å². The van der Waals surface area contributed by atoms with Crippen molar-refractivity contribution in [1.82, 2.24) is 20.1 Å². The monoisotopic (exact) mass is 504 g/mol. The molecule has 1 saturated heterocycles. The number of nitrogens with zero attached hydrogens (tertiary/aromatic N) is 4. The molecule has 2 aliphatic heterocycles. The Morgan fingerprint density at radius 2 is 2.11 bits per heavy atom. The lowest BCUT2D eigenvalue weighted by molar-refractivity contribution is 0.219. The van der Waals surface area contributed by atoms with Crippen molar-refractivity contribution in [2.45, 2.75) is 38.6 Å². The Balaban J connectivity index is 1.47. The molecule has 2 aliphatic rings. The average Bonchev–Trinajstić information content (AvgIpc) is 3.55. The fraction of sp³-hybridized carbons (Fsp3) is 0.310. The lowest BCUT2D eigenvalue weighted by Gasteiger charge is -2.32. The smallest absolute Gasteiger partial charge is 0.130 e. The van der Waals surface area contributed by atoms with E-state index in [0.29, 0.717) is 6.54 Å². The number of rotatable bonds is 9. The summed E-state index contributed by atoms with van der Waals surface area (Å²) in [5.74, 6) is -1.10. The van der Waals surface area contributed by atoms with Gasteiger partial charge in [-0.2, -0.15) is 5.10 Å².